The molecule has 1 aromatic carbocycles. The molecule has 0 atom stereocenters. The lowest BCUT2D eigenvalue weighted by Gasteiger charge is -2.09. The first kappa shape index (κ1) is 13.7. The third kappa shape index (κ3) is 2.97. The number of Topliss-reactive ketones (excluding diaryl/α,β-unsaturated/α-hetero) is 1. The Morgan fingerprint density at radius 1 is 1.30 bits per heavy atom. The van der Waals surface area contributed by atoms with E-state index in [0.717, 1.165) is 5.69 Å². The molecule has 0 aliphatic heterocycles. The van der Waals surface area contributed by atoms with Crippen LogP contribution in [0, 0.1) is 17.0 Å². The van der Waals surface area contributed by atoms with Gasteiger partial charge < -0.3 is 4.74 Å². The molecule has 0 N–H and O–H groups in total. The largest absolute Gasteiger partial charge is 0.455 e. The number of carbonyl (C=O) groups excluding carboxylic acids is 1. The van der Waals surface area contributed by atoms with Crippen LogP contribution in [0.4, 0.5) is 5.69 Å². The number of hydrogen-bond donors (Lipinski definition) is 0. The molecule has 0 aliphatic carbocycles. The molecule has 0 spiro atoms. The predicted molar refractivity (Wildman–Crippen MR) is 72.1 cm³/mol. The SMILES string of the molecule is CC(=O)c1cc([N+](=O)[O-])ccc1Oc1ccc(C)nc1. The molecule has 0 saturated carbocycles. The molecular formula is C14H12N2O4. The van der Waals surface area contributed by atoms with Gasteiger partial charge in [0.05, 0.1) is 16.7 Å². The van der Waals surface area contributed by atoms with Gasteiger partial charge in [0.1, 0.15) is 11.5 Å². The molecule has 0 bridgehead atoms. The first-order valence-corrected chi connectivity index (χ1v) is 5.87. The van der Waals surface area contributed by atoms with E-state index in [4.69, 9.17) is 4.74 Å². The second kappa shape index (κ2) is 5.48. The van der Waals surface area contributed by atoms with Crippen LogP contribution in [0.1, 0.15) is 23.0 Å². The second-order valence-corrected chi connectivity index (χ2v) is 4.23. The lowest BCUT2D eigenvalue weighted by molar-refractivity contribution is -0.384. The Labute approximate surface area is 115 Å². The van der Waals surface area contributed by atoms with Gasteiger partial charge in [0.2, 0.25) is 0 Å². The Kier molecular flexibility index (Phi) is 3.74. The van der Waals surface area contributed by atoms with Gasteiger partial charge in [-0.25, -0.2) is 0 Å². The Balaban J connectivity index is 2.38. The summed E-state index contributed by atoms with van der Waals surface area (Å²) in [6.07, 6.45) is 1.53. The van der Waals surface area contributed by atoms with E-state index in [2.05, 4.69) is 4.98 Å². The van der Waals surface area contributed by atoms with Crippen LogP contribution in [0.25, 0.3) is 0 Å². The topological polar surface area (TPSA) is 82.3 Å². The summed E-state index contributed by atoms with van der Waals surface area (Å²) in [6, 6.07) is 7.40. The standard InChI is InChI=1S/C14H12N2O4/c1-9-3-5-12(8-15-9)20-14-6-4-11(16(18)19)7-13(14)10(2)17/h3-8H,1-2H3. The van der Waals surface area contributed by atoms with E-state index in [-0.39, 0.29) is 22.8 Å². The van der Waals surface area contributed by atoms with Gasteiger partial charge in [-0.3, -0.25) is 19.9 Å². The number of pyridine rings is 1. The van der Waals surface area contributed by atoms with E-state index < -0.39 is 4.92 Å². The van der Waals surface area contributed by atoms with Crippen LogP contribution in [0.5, 0.6) is 11.5 Å². The lowest BCUT2D eigenvalue weighted by Crippen LogP contribution is -1.99. The molecule has 6 nitrogen and oxygen atoms in total. The van der Waals surface area contributed by atoms with Crippen LogP contribution in [0.15, 0.2) is 36.5 Å². The number of nitro benzene ring substituents is 1. The maximum absolute atomic E-state index is 11.6. The summed E-state index contributed by atoms with van der Waals surface area (Å²) in [5.74, 6) is 0.435. The van der Waals surface area contributed by atoms with Crippen molar-refractivity contribution in [3.05, 3.63) is 57.9 Å². The average Bonchev–Trinajstić information content (AvgIpc) is 2.41. The van der Waals surface area contributed by atoms with E-state index in [0.29, 0.717) is 5.75 Å². The second-order valence-electron chi connectivity index (χ2n) is 4.23. The fourth-order valence-corrected chi connectivity index (χ4v) is 1.64. The summed E-state index contributed by atoms with van der Waals surface area (Å²) in [7, 11) is 0. The van der Waals surface area contributed by atoms with E-state index in [1.54, 1.807) is 12.1 Å². The quantitative estimate of drug-likeness (QED) is 0.484. The highest BCUT2D eigenvalue weighted by Gasteiger charge is 2.15. The number of hydrogen-bond acceptors (Lipinski definition) is 5. The van der Waals surface area contributed by atoms with Gasteiger partial charge in [-0.15, -0.1) is 0 Å². The molecule has 0 amide bonds. The molecule has 1 aromatic heterocycles. The molecule has 0 fully saturated rings. The maximum atomic E-state index is 11.6. The Morgan fingerprint density at radius 3 is 2.60 bits per heavy atom. The minimum atomic E-state index is -0.552. The molecule has 0 saturated heterocycles. The Bertz CT molecular complexity index is 665. The number of ketones is 1. The number of nitro groups is 1. The molecule has 102 valence electrons. The first-order chi connectivity index (χ1) is 9.47. The molecule has 1 heterocycles. The summed E-state index contributed by atoms with van der Waals surface area (Å²) in [4.78, 5) is 25.8. The van der Waals surface area contributed by atoms with Gasteiger partial charge in [0.15, 0.2) is 5.78 Å². The molecule has 20 heavy (non-hydrogen) atoms. The number of non-ortho nitro benzene ring substituents is 1. The monoisotopic (exact) mass is 272 g/mol. The van der Waals surface area contributed by atoms with Crippen LogP contribution < -0.4 is 4.74 Å². The van der Waals surface area contributed by atoms with Crippen LogP contribution in [-0.4, -0.2) is 15.7 Å². The van der Waals surface area contributed by atoms with Crippen molar-refractivity contribution in [1.82, 2.24) is 4.98 Å². The van der Waals surface area contributed by atoms with E-state index in [1.165, 1.54) is 31.3 Å². The predicted octanol–water partition coefficient (Wildman–Crippen LogP) is 3.29. The molecule has 0 radical (unpaired) electrons. The Morgan fingerprint density at radius 2 is 2.05 bits per heavy atom. The summed E-state index contributed by atoms with van der Waals surface area (Å²) >= 11 is 0. The van der Waals surface area contributed by atoms with Gasteiger partial charge in [-0.1, -0.05) is 0 Å². The van der Waals surface area contributed by atoms with Gasteiger partial charge >= 0.3 is 0 Å². The summed E-state index contributed by atoms with van der Waals surface area (Å²) in [5.41, 5.74) is 0.859. The summed E-state index contributed by atoms with van der Waals surface area (Å²) < 4.78 is 5.55. The number of aromatic nitrogens is 1. The number of benzene rings is 1. The number of aryl methyl sites for hydroxylation is 1. The third-order valence-corrected chi connectivity index (χ3v) is 2.67. The minimum absolute atomic E-state index is 0.149. The van der Waals surface area contributed by atoms with Crippen molar-refractivity contribution in [1.29, 1.82) is 0 Å². The minimum Gasteiger partial charge on any atom is -0.455 e. The van der Waals surface area contributed by atoms with Crippen molar-refractivity contribution in [3.8, 4) is 11.5 Å². The fourth-order valence-electron chi connectivity index (χ4n) is 1.64. The summed E-state index contributed by atoms with van der Waals surface area (Å²) in [6.45, 7) is 3.18. The lowest BCUT2D eigenvalue weighted by atomic mass is 10.1. The molecule has 6 heteroatoms. The number of rotatable bonds is 4. The number of carbonyl (C=O) groups is 1. The molecule has 0 unspecified atom stereocenters. The highest BCUT2D eigenvalue weighted by molar-refractivity contribution is 5.97. The zero-order chi connectivity index (χ0) is 14.7. The highest BCUT2D eigenvalue weighted by Crippen LogP contribution is 2.28. The van der Waals surface area contributed by atoms with Crippen molar-refractivity contribution in [3.63, 3.8) is 0 Å². The van der Waals surface area contributed by atoms with Crippen LogP contribution in [0.3, 0.4) is 0 Å². The zero-order valence-corrected chi connectivity index (χ0v) is 11.0. The molecule has 2 aromatic rings. The van der Waals surface area contributed by atoms with Gasteiger partial charge in [-0.2, -0.15) is 0 Å². The molecule has 0 aliphatic rings. The zero-order valence-electron chi connectivity index (χ0n) is 11.0. The summed E-state index contributed by atoms with van der Waals surface area (Å²) in [5, 5.41) is 10.7. The average molecular weight is 272 g/mol. The maximum Gasteiger partial charge on any atom is 0.270 e. The van der Waals surface area contributed by atoms with Crippen LogP contribution in [-0.2, 0) is 0 Å². The van der Waals surface area contributed by atoms with Crippen molar-refractivity contribution in [2.24, 2.45) is 0 Å². The van der Waals surface area contributed by atoms with E-state index in [9.17, 15) is 14.9 Å². The number of ether oxygens (including phenoxy) is 1. The fraction of sp³-hybridized carbons (Fsp3) is 0.143. The third-order valence-electron chi connectivity index (χ3n) is 2.67. The smallest absolute Gasteiger partial charge is 0.270 e. The molecular weight excluding hydrogens is 260 g/mol. The van der Waals surface area contributed by atoms with Gasteiger partial charge in [0, 0.05) is 17.8 Å². The highest BCUT2D eigenvalue weighted by atomic mass is 16.6. The van der Waals surface area contributed by atoms with Crippen molar-refractivity contribution < 1.29 is 14.5 Å². The number of nitrogens with zero attached hydrogens (tertiary/aromatic N) is 2. The first-order valence-electron chi connectivity index (χ1n) is 5.87. The van der Waals surface area contributed by atoms with Crippen molar-refractivity contribution >= 4 is 11.5 Å². The van der Waals surface area contributed by atoms with Crippen LogP contribution in [0.2, 0.25) is 0 Å². The van der Waals surface area contributed by atoms with Crippen molar-refractivity contribution in [2.45, 2.75) is 13.8 Å². The normalized spacial score (nSPS) is 10.1. The van der Waals surface area contributed by atoms with Gasteiger partial charge in [0.25, 0.3) is 5.69 Å². The van der Waals surface area contributed by atoms with Crippen molar-refractivity contribution in [2.75, 3.05) is 0 Å². The van der Waals surface area contributed by atoms with Gasteiger partial charge in [-0.05, 0) is 32.0 Å². The molecule has 2 rings (SSSR count). The van der Waals surface area contributed by atoms with E-state index in [1.807, 2.05) is 6.92 Å². The van der Waals surface area contributed by atoms with Crippen LogP contribution >= 0.6 is 0 Å². The van der Waals surface area contributed by atoms with E-state index >= 15 is 0 Å². The Hall–Kier alpha value is -2.76.